The second-order valence-electron chi connectivity index (χ2n) is 4.35. The Morgan fingerprint density at radius 3 is 2.63 bits per heavy atom. The first-order chi connectivity index (χ1) is 9.09. The molecule has 0 amide bonds. The molecule has 1 N–H and O–H groups in total. The van der Waals surface area contributed by atoms with Gasteiger partial charge in [-0.1, -0.05) is 42.0 Å². The van der Waals surface area contributed by atoms with E-state index >= 15 is 0 Å². The lowest BCUT2D eigenvalue weighted by Gasteiger charge is -2.26. The van der Waals surface area contributed by atoms with Crippen LogP contribution in [0.4, 0.5) is 0 Å². The smallest absolute Gasteiger partial charge is 0.217 e. The Hall–Kier alpha value is -0.880. The molecule has 6 heteroatoms. The molecule has 0 spiro atoms. The number of benzene rings is 1. The van der Waals surface area contributed by atoms with Gasteiger partial charge in [0.2, 0.25) is 10.0 Å². The SMILES string of the molecule is O=S(=O)(CC=Cc1ccccc1Cl)N1CCNCC1. The Balaban J connectivity index is 1.99. The lowest BCUT2D eigenvalue weighted by molar-refractivity contribution is 0.361. The van der Waals surface area contributed by atoms with Gasteiger partial charge in [-0.2, -0.15) is 4.31 Å². The molecule has 0 bridgehead atoms. The van der Waals surface area contributed by atoms with Crippen molar-refractivity contribution in [1.82, 2.24) is 9.62 Å². The van der Waals surface area contributed by atoms with E-state index in [1.807, 2.05) is 18.2 Å². The summed E-state index contributed by atoms with van der Waals surface area (Å²) in [5, 5.41) is 3.76. The number of sulfonamides is 1. The van der Waals surface area contributed by atoms with Gasteiger partial charge in [0.25, 0.3) is 0 Å². The average Bonchev–Trinajstić information content (AvgIpc) is 2.42. The van der Waals surface area contributed by atoms with Gasteiger partial charge in [0, 0.05) is 31.2 Å². The van der Waals surface area contributed by atoms with E-state index in [9.17, 15) is 8.42 Å². The summed E-state index contributed by atoms with van der Waals surface area (Å²) in [6, 6.07) is 7.36. The van der Waals surface area contributed by atoms with Crippen LogP contribution >= 0.6 is 11.6 Å². The normalized spacial score (nSPS) is 17.9. The highest BCUT2D eigenvalue weighted by Crippen LogP contribution is 2.16. The van der Waals surface area contributed by atoms with Crippen LogP contribution < -0.4 is 5.32 Å². The van der Waals surface area contributed by atoms with Crippen LogP contribution in [0.2, 0.25) is 5.02 Å². The van der Waals surface area contributed by atoms with Crippen molar-refractivity contribution < 1.29 is 8.42 Å². The zero-order chi connectivity index (χ0) is 13.7. The zero-order valence-corrected chi connectivity index (χ0v) is 12.1. The van der Waals surface area contributed by atoms with Gasteiger partial charge in [-0.25, -0.2) is 8.42 Å². The van der Waals surface area contributed by atoms with Gasteiger partial charge in [0.05, 0.1) is 5.75 Å². The number of halogens is 1. The number of hydrogen-bond donors (Lipinski definition) is 1. The maximum atomic E-state index is 12.1. The van der Waals surface area contributed by atoms with Crippen LogP contribution in [0.1, 0.15) is 5.56 Å². The predicted octanol–water partition coefficient (Wildman–Crippen LogP) is 1.59. The van der Waals surface area contributed by atoms with Gasteiger partial charge in [0.15, 0.2) is 0 Å². The Kier molecular flexibility index (Phi) is 4.99. The van der Waals surface area contributed by atoms with Crippen molar-refractivity contribution >= 4 is 27.7 Å². The molecule has 0 aromatic heterocycles. The summed E-state index contributed by atoms with van der Waals surface area (Å²) in [6.07, 6.45) is 3.40. The first kappa shape index (κ1) is 14.5. The summed E-state index contributed by atoms with van der Waals surface area (Å²) in [5.74, 6) is 0.0121. The Morgan fingerprint density at radius 2 is 1.95 bits per heavy atom. The maximum absolute atomic E-state index is 12.1. The highest BCUT2D eigenvalue weighted by molar-refractivity contribution is 7.89. The number of nitrogens with zero attached hydrogens (tertiary/aromatic N) is 1. The van der Waals surface area contributed by atoms with Gasteiger partial charge in [-0.05, 0) is 11.6 Å². The summed E-state index contributed by atoms with van der Waals surface area (Å²) in [6.45, 7) is 2.52. The van der Waals surface area contributed by atoms with Crippen molar-refractivity contribution in [3.05, 3.63) is 40.9 Å². The van der Waals surface area contributed by atoms with Crippen LogP contribution in [-0.2, 0) is 10.0 Å². The number of nitrogens with one attached hydrogen (secondary N) is 1. The number of rotatable bonds is 4. The van der Waals surface area contributed by atoms with Gasteiger partial charge >= 0.3 is 0 Å². The van der Waals surface area contributed by atoms with E-state index in [-0.39, 0.29) is 5.75 Å². The molecule has 0 saturated carbocycles. The first-order valence-electron chi connectivity index (χ1n) is 6.19. The van der Waals surface area contributed by atoms with Crippen molar-refractivity contribution in [2.75, 3.05) is 31.9 Å². The summed E-state index contributed by atoms with van der Waals surface area (Å²) >= 11 is 6.00. The fourth-order valence-electron chi connectivity index (χ4n) is 1.93. The average molecular weight is 301 g/mol. The Labute approximate surface area is 119 Å². The van der Waals surface area contributed by atoms with Crippen LogP contribution in [0.15, 0.2) is 30.3 Å². The molecular formula is C13H17ClN2O2S. The molecule has 2 rings (SSSR count). The summed E-state index contributed by atoms with van der Waals surface area (Å²) in [5.41, 5.74) is 0.833. The molecule has 0 unspecified atom stereocenters. The second-order valence-corrected chi connectivity index (χ2v) is 6.77. The minimum absolute atomic E-state index is 0.0121. The van der Waals surface area contributed by atoms with Crippen LogP contribution in [0, 0.1) is 0 Å². The van der Waals surface area contributed by atoms with E-state index in [4.69, 9.17) is 11.6 Å². The fourth-order valence-corrected chi connectivity index (χ4v) is 3.42. The largest absolute Gasteiger partial charge is 0.314 e. The lowest BCUT2D eigenvalue weighted by atomic mass is 10.2. The van der Waals surface area contributed by atoms with E-state index in [1.165, 1.54) is 4.31 Å². The molecule has 104 valence electrons. The Bertz CT molecular complexity index is 552. The molecule has 1 heterocycles. The topological polar surface area (TPSA) is 49.4 Å². The third-order valence-electron chi connectivity index (χ3n) is 2.98. The van der Waals surface area contributed by atoms with Crippen molar-refractivity contribution in [2.24, 2.45) is 0 Å². The highest BCUT2D eigenvalue weighted by Gasteiger charge is 2.22. The van der Waals surface area contributed by atoms with E-state index in [2.05, 4.69) is 5.32 Å². The summed E-state index contributed by atoms with van der Waals surface area (Å²) in [4.78, 5) is 0. The first-order valence-corrected chi connectivity index (χ1v) is 8.18. The van der Waals surface area contributed by atoms with Gasteiger partial charge < -0.3 is 5.32 Å². The Morgan fingerprint density at radius 1 is 1.26 bits per heavy atom. The molecule has 4 nitrogen and oxygen atoms in total. The molecule has 0 radical (unpaired) electrons. The second kappa shape index (κ2) is 6.52. The van der Waals surface area contributed by atoms with Crippen molar-refractivity contribution in [3.8, 4) is 0 Å². The number of hydrogen-bond acceptors (Lipinski definition) is 3. The molecule has 1 aromatic rings. The van der Waals surface area contributed by atoms with Gasteiger partial charge in [-0.3, -0.25) is 0 Å². The lowest BCUT2D eigenvalue weighted by Crippen LogP contribution is -2.46. The van der Waals surface area contributed by atoms with Crippen molar-refractivity contribution in [1.29, 1.82) is 0 Å². The van der Waals surface area contributed by atoms with Gasteiger partial charge in [0.1, 0.15) is 0 Å². The standard InChI is InChI=1S/C13H17ClN2O2S/c14-13-6-2-1-4-12(13)5-3-11-19(17,18)16-9-7-15-8-10-16/h1-6,15H,7-11H2. The summed E-state index contributed by atoms with van der Waals surface area (Å²) in [7, 11) is -3.20. The third-order valence-corrected chi connectivity index (χ3v) is 5.09. The maximum Gasteiger partial charge on any atom is 0.217 e. The van der Waals surface area contributed by atoms with E-state index < -0.39 is 10.0 Å². The van der Waals surface area contributed by atoms with Crippen LogP contribution in [0.5, 0.6) is 0 Å². The van der Waals surface area contributed by atoms with Gasteiger partial charge in [-0.15, -0.1) is 0 Å². The minimum atomic E-state index is -3.20. The monoisotopic (exact) mass is 300 g/mol. The van der Waals surface area contributed by atoms with Crippen LogP contribution in [0.3, 0.4) is 0 Å². The molecule has 1 fully saturated rings. The molecule has 0 aliphatic carbocycles. The third kappa shape index (κ3) is 4.04. The van der Waals surface area contributed by atoms with Crippen LogP contribution in [0.25, 0.3) is 6.08 Å². The molecule has 1 aromatic carbocycles. The molecule has 19 heavy (non-hydrogen) atoms. The van der Waals surface area contributed by atoms with Crippen LogP contribution in [-0.4, -0.2) is 44.7 Å². The number of piperazine rings is 1. The predicted molar refractivity (Wildman–Crippen MR) is 78.7 cm³/mol. The summed E-state index contributed by atoms with van der Waals surface area (Å²) < 4.78 is 25.7. The molecular weight excluding hydrogens is 284 g/mol. The molecule has 1 aliphatic rings. The quantitative estimate of drug-likeness (QED) is 0.919. The molecule has 0 atom stereocenters. The van der Waals surface area contributed by atoms with E-state index in [0.717, 1.165) is 5.56 Å². The highest BCUT2D eigenvalue weighted by atomic mass is 35.5. The zero-order valence-electron chi connectivity index (χ0n) is 10.5. The molecule has 1 saturated heterocycles. The van der Waals surface area contributed by atoms with E-state index in [1.54, 1.807) is 18.2 Å². The molecule has 1 aliphatic heterocycles. The van der Waals surface area contributed by atoms with Crippen molar-refractivity contribution in [3.63, 3.8) is 0 Å². The van der Waals surface area contributed by atoms with E-state index in [0.29, 0.717) is 31.2 Å². The van der Waals surface area contributed by atoms with Crippen molar-refractivity contribution in [2.45, 2.75) is 0 Å². The fraction of sp³-hybridized carbons (Fsp3) is 0.385. The minimum Gasteiger partial charge on any atom is -0.314 e.